The van der Waals surface area contributed by atoms with E-state index in [1.165, 1.54) is 0 Å². The van der Waals surface area contributed by atoms with E-state index in [2.05, 4.69) is 10.3 Å². The second-order valence-electron chi connectivity index (χ2n) is 4.69. The third kappa shape index (κ3) is 2.53. The maximum atomic E-state index is 12.4. The number of nitrogen functional groups attached to an aromatic ring is 1. The average molecular weight is 281 g/mol. The third-order valence-corrected chi connectivity index (χ3v) is 3.30. The number of aromatic amines is 1. The van der Waals surface area contributed by atoms with Gasteiger partial charge in [0.2, 0.25) is 0 Å². The number of H-pyrrole nitrogens is 1. The fraction of sp³-hybridized carbons (Fsp3) is 0.0625. The van der Waals surface area contributed by atoms with Gasteiger partial charge in [-0.2, -0.15) is 0 Å². The summed E-state index contributed by atoms with van der Waals surface area (Å²) >= 11 is 0. The highest BCUT2D eigenvalue weighted by Crippen LogP contribution is 2.22. The molecule has 0 fully saturated rings. The lowest BCUT2D eigenvalue weighted by atomic mass is 10.1. The van der Waals surface area contributed by atoms with Crippen LogP contribution in [0.15, 0.2) is 48.7 Å². The molecule has 4 N–H and O–H groups in total. The van der Waals surface area contributed by atoms with E-state index in [9.17, 15) is 4.79 Å². The number of benzene rings is 2. The first-order valence-corrected chi connectivity index (χ1v) is 6.49. The van der Waals surface area contributed by atoms with E-state index in [1.807, 2.05) is 6.07 Å². The van der Waals surface area contributed by atoms with E-state index in [0.29, 0.717) is 16.9 Å². The van der Waals surface area contributed by atoms with E-state index in [0.717, 1.165) is 16.7 Å². The first-order valence-electron chi connectivity index (χ1n) is 6.49. The van der Waals surface area contributed by atoms with Gasteiger partial charge in [0.15, 0.2) is 0 Å². The summed E-state index contributed by atoms with van der Waals surface area (Å²) < 4.78 is 5.09. The number of carbonyl (C=O) groups excluding carboxylic acids is 1. The molecule has 1 aromatic heterocycles. The Morgan fingerprint density at radius 1 is 1.19 bits per heavy atom. The van der Waals surface area contributed by atoms with Crippen molar-refractivity contribution in [2.24, 2.45) is 0 Å². The number of rotatable bonds is 3. The van der Waals surface area contributed by atoms with Gasteiger partial charge < -0.3 is 20.8 Å². The summed E-state index contributed by atoms with van der Waals surface area (Å²) in [5.41, 5.74) is 8.55. The zero-order valence-electron chi connectivity index (χ0n) is 11.5. The van der Waals surface area contributed by atoms with Crippen LogP contribution < -0.4 is 15.8 Å². The smallest absolute Gasteiger partial charge is 0.257 e. The molecule has 0 aliphatic rings. The number of methoxy groups -OCH3 is 1. The molecule has 0 spiro atoms. The van der Waals surface area contributed by atoms with Gasteiger partial charge in [0.1, 0.15) is 5.75 Å². The zero-order valence-corrected chi connectivity index (χ0v) is 11.5. The molecule has 0 aliphatic heterocycles. The van der Waals surface area contributed by atoms with Crippen molar-refractivity contribution >= 4 is 28.2 Å². The minimum atomic E-state index is -0.183. The Balaban J connectivity index is 1.87. The van der Waals surface area contributed by atoms with Crippen molar-refractivity contribution in [3.05, 3.63) is 54.2 Å². The van der Waals surface area contributed by atoms with Crippen molar-refractivity contribution in [3.63, 3.8) is 0 Å². The highest BCUT2D eigenvalue weighted by molar-refractivity contribution is 6.13. The van der Waals surface area contributed by atoms with Crippen LogP contribution in [-0.4, -0.2) is 18.0 Å². The largest absolute Gasteiger partial charge is 0.497 e. The molecule has 0 bridgehead atoms. The number of amides is 1. The molecule has 106 valence electrons. The maximum Gasteiger partial charge on any atom is 0.257 e. The molecule has 3 aromatic rings. The molecule has 21 heavy (non-hydrogen) atoms. The van der Waals surface area contributed by atoms with E-state index >= 15 is 0 Å². The van der Waals surface area contributed by atoms with Gasteiger partial charge >= 0.3 is 0 Å². The van der Waals surface area contributed by atoms with E-state index in [1.54, 1.807) is 49.7 Å². The van der Waals surface area contributed by atoms with Crippen molar-refractivity contribution in [1.82, 2.24) is 4.98 Å². The van der Waals surface area contributed by atoms with Gasteiger partial charge in [0.25, 0.3) is 5.91 Å². The Labute approximate surface area is 121 Å². The SMILES string of the molecule is COc1ccc(NC(=O)c2c[nH]c3ccc(N)cc23)cc1. The van der Waals surface area contributed by atoms with Gasteiger partial charge in [0, 0.05) is 28.5 Å². The van der Waals surface area contributed by atoms with Crippen molar-refractivity contribution in [2.45, 2.75) is 0 Å². The summed E-state index contributed by atoms with van der Waals surface area (Å²) in [6.45, 7) is 0. The summed E-state index contributed by atoms with van der Waals surface area (Å²) in [6.07, 6.45) is 1.68. The summed E-state index contributed by atoms with van der Waals surface area (Å²) in [6, 6.07) is 12.6. The van der Waals surface area contributed by atoms with Crippen LogP contribution in [0.25, 0.3) is 10.9 Å². The fourth-order valence-corrected chi connectivity index (χ4v) is 2.20. The van der Waals surface area contributed by atoms with Gasteiger partial charge in [-0.3, -0.25) is 4.79 Å². The first-order chi connectivity index (χ1) is 10.2. The second-order valence-corrected chi connectivity index (χ2v) is 4.69. The summed E-state index contributed by atoms with van der Waals surface area (Å²) in [7, 11) is 1.60. The molecule has 0 atom stereocenters. The topological polar surface area (TPSA) is 80.1 Å². The standard InChI is InChI=1S/C16H15N3O2/c1-21-12-5-3-11(4-6-12)19-16(20)14-9-18-15-7-2-10(17)8-13(14)15/h2-9,18H,17H2,1H3,(H,19,20). The number of aromatic nitrogens is 1. The zero-order chi connectivity index (χ0) is 14.8. The number of nitrogens with one attached hydrogen (secondary N) is 2. The second kappa shape index (κ2) is 5.20. The average Bonchev–Trinajstić information content (AvgIpc) is 2.91. The highest BCUT2D eigenvalue weighted by Gasteiger charge is 2.12. The molecule has 5 nitrogen and oxygen atoms in total. The Morgan fingerprint density at radius 3 is 2.67 bits per heavy atom. The summed E-state index contributed by atoms with van der Waals surface area (Å²) in [4.78, 5) is 15.4. The number of nitrogens with two attached hydrogens (primary N) is 1. The number of anilines is 2. The molecule has 0 radical (unpaired) electrons. The summed E-state index contributed by atoms with van der Waals surface area (Å²) in [5, 5.41) is 3.66. The molecule has 0 aliphatic carbocycles. The lowest BCUT2D eigenvalue weighted by Gasteiger charge is -2.06. The predicted octanol–water partition coefficient (Wildman–Crippen LogP) is 3.01. The van der Waals surface area contributed by atoms with Crippen molar-refractivity contribution in [2.75, 3.05) is 18.2 Å². The Kier molecular flexibility index (Phi) is 3.23. The molecule has 1 heterocycles. The number of hydrogen-bond donors (Lipinski definition) is 3. The molecule has 0 saturated carbocycles. The van der Waals surface area contributed by atoms with Gasteiger partial charge in [0.05, 0.1) is 12.7 Å². The molecular weight excluding hydrogens is 266 g/mol. The Hall–Kier alpha value is -2.95. The highest BCUT2D eigenvalue weighted by atomic mass is 16.5. The third-order valence-electron chi connectivity index (χ3n) is 3.30. The molecule has 0 saturated heterocycles. The van der Waals surface area contributed by atoms with Crippen LogP contribution in [0.3, 0.4) is 0 Å². The van der Waals surface area contributed by atoms with Crippen LogP contribution in [0.4, 0.5) is 11.4 Å². The number of ether oxygens (including phenoxy) is 1. The molecule has 2 aromatic carbocycles. The van der Waals surface area contributed by atoms with Crippen LogP contribution in [-0.2, 0) is 0 Å². The normalized spacial score (nSPS) is 10.5. The minimum absolute atomic E-state index is 0.183. The van der Waals surface area contributed by atoms with Crippen LogP contribution in [0.5, 0.6) is 5.75 Å². The van der Waals surface area contributed by atoms with Crippen LogP contribution >= 0.6 is 0 Å². The van der Waals surface area contributed by atoms with Gasteiger partial charge in [-0.15, -0.1) is 0 Å². The summed E-state index contributed by atoms with van der Waals surface area (Å²) in [5.74, 6) is 0.560. The molecule has 3 rings (SSSR count). The number of carbonyl (C=O) groups is 1. The molecular formula is C16H15N3O2. The van der Waals surface area contributed by atoms with Crippen molar-refractivity contribution in [3.8, 4) is 5.75 Å². The van der Waals surface area contributed by atoms with E-state index in [-0.39, 0.29) is 5.91 Å². The molecule has 0 unspecified atom stereocenters. The van der Waals surface area contributed by atoms with Crippen LogP contribution in [0, 0.1) is 0 Å². The van der Waals surface area contributed by atoms with Crippen molar-refractivity contribution < 1.29 is 9.53 Å². The molecule has 5 heteroatoms. The minimum Gasteiger partial charge on any atom is -0.497 e. The first kappa shape index (κ1) is 13.1. The molecule has 1 amide bonds. The monoisotopic (exact) mass is 281 g/mol. The van der Waals surface area contributed by atoms with Gasteiger partial charge in [-0.1, -0.05) is 0 Å². The maximum absolute atomic E-state index is 12.4. The van der Waals surface area contributed by atoms with Crippen LogP contribution in [0.2, 0.25) is 0 Å². The Morgan fingerprint density at radius 2 is 1.95 bits per heavy atom. The predicted molar refractivity (Wildman–Crippen MR) is 83.7 cm³/mol. The van der Waals surface area contributed by atoms with E-state index in [4.69, 9.17) is 10.5 Å². The Bertz CT molecular complexity index is 791. The lowest BCUT2D eigenvalue weighted by molar-refractivity contribution is 0.102. The van der Waals surface area contributed by atoms with Gasteiger partial charge in [-0.25, -0.2) is 0 Å². The number of hydrogen-bond acceptors (Lipinski definition) is 3. The van der Waals surface area contributed by atoms with Crippen molar-refractivity contribution in [1.29, 1.82) is 0 Å². The van der Waals surface area contributed by atoms with Crippen LogP contribution in [0.1, 0.15) is 10.4 Å². The van der Waals surface area contributed by atoms with Gasteiger partial charge in [-0.05, 0) is 42.5 Å². The number of fused-ring (bicyclic) bond motifs is 1. The van der Waals surface area contributed by atoms with E-state index < -0.39 is 0 Å². The quantitative estimate of drug-likeness (QED) is 0.645. The fourth-order valence-electron chi connectivity index (χ4n) is 2.20. The lowest BCUT2D eigenvalue weighted by Crippen LogP contribution is -2.11.